The van der Waals surface area contributed by atoms with E-state index in [9.17, 15) is 10.1 Å². The van der Waals surface area contributed by atoms with Gasteiger partial charge in [-0.05, 0) is 6.42 Å². The minimum Gasteiger partial charge on any atom is -0.259 e. The smallest absolute Gasteiger partial charge is 0.246 e. The van der Waals surface area contributed by atoms with Crippen LogP contribution in [0.3, 0.4) is 0 Å². The van der Waals surface area contributed by atoms with Gasteiger partial charge in [0.15, 0.2) is 0 Å². The molecule has 0 N–H and O–H groups in total. The number of hydrogen-bond donors (Lipinski definition) is 0. The highest BCUT2D eigenvalue weighted by Gasteiger charge is 2.22. The zero-order chi connectivity index (χ0) is 9.78. The van der Waals surface area contributed by atoms with E-state index in [1.165, 1.54) is 0 Å². The predicted octanol–water partition coefficient (Wildman–Crippen LogP) is 3.32. The first-order valence-electron chi connectivity index (χ1n) is 3.29. The molecule has 0 bridgehead atoms. The average molecular weight is 232 g/mol. The average Bonchev–Trinajstić information content (AvgIpc) is 1.83. The molecule has 3 nitrogen and oxygen atoms in total. The van der Waals surface area contributed by atoms with Crippen LogP contribution in [0.15, 0.2) is 11.8 Å². The summed E-state index contributed by atoms with van der Waals surface area (Å²) in [5, 5.41) is 10.3. The summed E-state index contributed by atoms with van der Waals surface area (Å²) in [5.74, 6) is 0. The topological polar surface area (TPSA) is 43.1 Å². The molecule has 0 spiro atoms. The Bertz CT molecular complexity index is 197. The summed E-state index contributed by atoms with van der Waals surface area (Å²) >= 11 is 16.1. The van der Waals surface area contributed by atoms with Gasteiger partial charge in [0, 0.05) is 12.5 Å². The van der Waals surface area contributed by atoms with Gasteiger partial charge in [0.1, 0.15) is 0 Å². The maximum absolute atomic E-state index is 10.3. The Morgan fingerprint density at radius 2 is 2.08 bits per heavy atom. The highest BCUT2D eigenvalue weighted by molar-refractivity contribution is 6.68. The van der Waals surface area contributed by atoms with Crippen LogP contribution in [0.5, 0.6) is 0 Å². The lowest BCUT2D eigenvalue weighted by atomic mass is 10.2. The van der Waals surface area contributed by atoms with Crippen molar-refractivity contribution in [1.82, 2.24) is 0 Å². The summed E-state index contributed by atoms with van der Waals surface area (Å²) in [7, 11) is 0. The van der Waals surface area contributed by atoms with Crippen LogP contribution < -0.4 is 0 Å². The van der Waals surface area contributed by atoms with Crippen molar-refractivity contribution in [3.63, 3.8) is 0 Å². The Balaban J connectivity index is 4.50. The van der Waals surface area contributed by atoms with E-state index in [0.717, 1.165) is 6.08 Å². The van der Waals surface area contributed by atoms with Gasteiger partial charge in [-0.1, -0.05) is 41.7 Å². The fourth-order valence-electron chi connectivity index (χ4n) is 0.661. The van der Waals surface area contributed by atoms with E-state index in [1.54, 1.807) is 0 Å². The van der Waals surface area contributed by atoms with E-state index in [2.05, 4.69) is 0 Å². The first kappa shape index (κ1) is 12.0. The summed E-state index contributed by atoms with van der Waals surface area (Å²) in [5.41, 5.74) is -0.0579. The molecule has 0 amide bonds. The maximum atomic E-state index is 10.3. The summed E-state index contributed by atoms with van der Waals surface area (Å²) in [4.78, 5) is 9.79. The van der Waals surface area contributed by atoms with Gasteiger partial charge in [0.05, 0.1) is 4.92 Å². The van der Waals surface area contributed by atoms with Crippen LogP contribution in [0.4, 0.5) is 0 Å². The molecule has 0 atom stereocenters. The molecule has 6 heteroatoms. The molecule has 0 radical (unpaired) electrons. The number of alkyl halides is 3. The molecule has 0 aromatic carbocycles. The van der Waals surface area contributed by atoms with Gasteiger partial charge in [-0.2, -0.15) is 0 Å². The van der Waals surface area contributed by atoms with E-state index >= 15 is 0 Å². The Labute approximate surface area is 85.4 Å². The summed E-state index contributed by atoms with van der Waals surface area (Å²) in [6.45, 7) is 1.82. The monoisotopic (exact) mass is 231 g/mol. The van der Waals surface area contributed by atoms with Gasteiger partial charge in [0.25, 0.3) is 0 Å². The van der Waals surface area contributed by atoms with E-state index in [0.29, 0.717) is 12.8 Å². The first-order valence-corrected chi connectivity index (χ1v) is 4.43. The molecule has 0 aromatic rings. The minimum atomic E-state index is -1.68. The van der Waals surface area contributed by atoms with Gasteiger partial charge in [0.2, 0.25) is 9.49 Å². The van der Waals surface area contributed by atoms with E-state index in [-0.39, 0.29) is 5.70 Å². The van der Waals surface area contributed by atoms with Crippen LogP contribution in [0.1, 0.15) is 19.8 Å². The Morgan fingerprint density at radius 3 is 2.33 bits per heavy atom. The number of hydrogen-bond acceptors (Lipinski definition) is 2. The molecule has 0 saturated heterocycles. The molecule has 0 saturated carbocycles. The third kappa shape index (κ3) is 5.63. The summed E-state index contributed by atoms with van der Waals surface area (Å²) in [6.07, 6.45) is 1.98. The molecule has 0 aromatic heterocycles. The molecule has 0 fully saturated rings. The number of allylic oxidation sites excluding steroid dienone is 2. The first-order chi connectivity index (χ1) is 5.37. The Hall–Kier alpha value is 0.01000. The lowest BCUT2D eigenvalue weighted by molar-refractivity contribution is -0.428. The second-order valence-electron chi connectivity index (χ2n) is 2.18. The lowest BCUT2D eigenvalue weighted by Crippen LogP contribution is -2.05. The lowest BCUT2D eigenvalue weighted by Gasteiger charge is -2.03. The third-order valence-corrected chi connectivity index (χ3v) is 1.40. The molecule has 0 rings (SSSR count). The quantitative estimate of drug-likeness (QED) is 0.426. The van der Waals surface area contributed by atoms with Crippen LogP contribution in [-0.4, -0.2) is 8.72 Å². The van der Waals surface area contributed by atoms with Gasteiger partial charge >= 0.3 is 0 Å². The van der Waals surface area contributed by atoms with Crippen molar-refractivity contribution in [3.8, 4) is 0 Å². The van der Waals surface area contributed by atoms with E-state index in [4.69, 9.17) is 34.8 Å². The second-order valence-corrected chi connectivity index (χ2v) is 4.55. The molecule has 0 heterocycles. The second kappa shape index (κ2) is 4.90. The normalized spacial score (nSPS) is 13.2. The molecular formula is C6H8Cl3NO2. The van der Waals surface area contributed by atoms with Crippen molar-refractivity contribution >= 4 is 34.8 Å². The van der Waals surface area contributed by atoms with Gasteiger partial charge in [-0.25, -0.2) is 0 Å². The standard InChI is InChI=1S/C6H8Cl3NO2/c1-2-3-5(10(11)12)4-6(7,8)9/h4H,2-3H2,1H3. The fourth-order valence-corrected chi connectivity index (χ4v) is 1.04. The zero-order valence-corrected chi connectivity index (χ0v) is 8.66. The number of nitro groups is 1. The van der Waals surface area contributed by atoms with Crippen LogP contribution >= 0.6 is 34.8 Å². The fraction of sp³-hybridized carbons (Fsp3) is 0.667. The molecule has 70 valence electrons. The Morgan fingerprint density at radius 1 is 1.58 bits per heavy atom. The van der Waals surface area contributed by atoms with E-state index < -0.39 is 8.72 Å². The zero-order valence-electron chi connectivity index (χ0n) is 6.39. The molecule has 0 aliphatic carbocycles. The van der Waals surface area contributed by atoms with Gasteiger partial charge < -0.3 is 0 Å². The van der Waals surface area contributed by atoms with Crippen LogP contribution in [0.25, 0.3) is 0 Å². The van der Waals surface area contributed by atoms with Crippen molar-refractivity contribution in [2.75, 3.05) is 0 Å². The van der Waals surface area contributed by atoms with Crippen molar-refractivity contribution < 1.29 is 4.92 Å². The van der Waals surface area contributed by atoms with Crippen LogP contribution in [0.2, 0.25) is 0 Å². The number of nitrogens with zero attached hydrogens (tertiary/aromatic N) is 1. The number of halogens is 3. The summed E-state index contributed by atoms with van der Waals surface area (Å²) < 4.78 is -1.68. The minimum absolute atomic E-state index is 0.0579. The largest absolute Gasteiger partial charge is 0.259 e. The SMILES string of the molecule is CCCC(=CC(Cl)(Cl)Cl)[N+](=O)[O-]. The van der Waals surface area contributed by atoms with E-state index in [1.807, 2.05) is 6.92 Å². The Kier molecular flexibility index (Phi) is 4.90. The third-order valence-electron chi connectivity index (χ3n) is 1.07. The summed E-state index contributed by atoms with van der Waals surface area (Å²) in [6, 6.07) is 0. The maximum Gasteiger partial charge on any atom is 0.246 e. The van der Waals surface area contributed by atoms with Crippen molar-refractivity contribution in [2.24, 2.45) is 0 Å². The number of rotatable bonds is 3. The van der Waals surface area contributed by atoms with Gasteiger partial charge in [-0.15, -0.1) is 0 Å². The molecule has 0 aliphatic rings. The van der Waals surface area contributed by atoms with Crippen molar-refractivity contribution in [1.29, 1.82) is 0 Å². The molecule has 0 unspecified atom stereocenters. The molecule has 12 heavy (non-hydrogen) atoms. The molecule has 0 aliphatic heterocycles. The highest BCUT2D eigenvalue weighted by Crippen LogP contribution is 2.29. The van der Waals surface area contributed by atoms with Crippen molar-refractivity contribution in [3.05, 3.63) is 21.9 Å². The van der Waals surface area contributed by atoms with Crippen molar-refractivity contribution in [2.45, 2.75) is 23.6 Å². The highest BCUT2D eigenvalue weighted by atomic mass is 35.6. The van der Waals surface area contributed by atoms with Crippen LogP contribution in [-0.2, 0) is 0 Å². The predicted molar refractivity (Wildman–Crippen MR) is 50.3 cm³/mol. The molecular weight excluding hydrogens is 224 g/mol. The van der Waals surface area contributed by atoms with Gasteiger partial charge in [-0.3, -0.25) is 10.1 Å². The van der Waals surface area contributed by atoms with Crippen LogP contribution in [0, 0.1) is 10.1 Å².